The third-order valence-corrected chi connectivity index (χ3v) is 8.55. The highest BCUT2D eigenvalue weighted by Crippen LogP contribution is 2.55. The van der Waals surface area contributed by atoms with Gasteiger partial charge in [-0.3, -0.25) is 4.79 Å². The molecule has 5 N–H and O–H groups in total. The summed E-state index contributed by atoms with van der Waals surface area (Å²) in [6, 6.07) is 6.32. The van der Waals surface area contributed by atoms with Crippen molar-refractivity contribution in [1.82, 2.24) is 0 Å². The minimum absolute atomic E-state index is 0.0564. The van der Waals surface area contributed by atoms with Crippen LogP contribution in [0.5, 0.6) is 28.7 Å². The Morgan fingerprint density at radius 2 is 1.63 bits per heavy atom. The van der Waals surface area contributed by atoms with Gasteiger partial charge in [-0.15, -0.1) is 0 Å². The van der Waals surface area contributed by atoms with Crippen LogP contribution in [0.1, 0.15) is 35.6 Å². The van der Waals surface area contributed by atoms with E-state index >= 15 is 0 Å². The van der Waals surface area contributed by atoms with Crippen molar-refractivity contribution in [2.24, 2.45) is 11.8 Å². The molecule has 43 heavy (non-hydrogen) atoms. The average molecular weight is 607 g/mol. The van der Waals surface area contributed by atoms with E-state index in [0.29, 0.717) is 28.2 Å². The van der Waals surface area contributed by atoms with E-state index < -0.39 is 73.4 Å². The van der Waals surface area contributed by atoms with E-state index in [1.807, 2.05) is 0 Å². The molecule has 2 aromatic carbocycles. The summed E-state index contributed by atoms with van der Waals surface area (Å²) in [6.07, 6.45) is -7.75. The lowest BCUT2D eigenvalue weighted by molar-refractivity contribution is -0.365. The molecule has 3 aliphatic heterocycles. The van der Waals surface area contributed by atoms with Crippen LogP contribution in [0.4, 0.5) is 0 Å². The SMILES string of the molecule is COc1cc([C@@H]2c3cc4c(cc3[C@@H](O[C@@H]3O[C@@H]5CO[C@@H](C)O[C@H]5[C@H](O)[C@H]3O)[C@@H](CO)[C@@H]2C(=O)O)OCO4)cc(OC)c1O. The largest absolute Gasteiger partial charge is 0.502 e. The smallest absolute Gasteiger partial charge is 0.307 e. The number of aliphatic carboxylic acids is 1. The second-order valence-corrected chi connectivity index (χ2v) is 10.9. The van der Waals surface area contributed by atoms with E-state index in [1.54, 1.807) is 19.1 Å². The van der Waals surface area contributed by atoms with Crippen molar-refractivity contribution in [3.05, 3.63) is 41.0 Å². The van der Waals surface area contributed by atoms with Gasteiger partial charge in [0, 0.05) is 18.4 Å². The van der Waals surface area contributed by atoms with Crippen LogP contribution in [-0.2, 0) is 23.7 Å². The van der Waals surface area contributed by atoms with Gasteiger partial charge in [-0.05, 0) is 47.9 Å². The van der Waals surface area contributed by atoms with Gasteiger partial charge in [0.05, 0.1) is 32.8 Å². The summed E-state index contributed by atoms with van der Waals surface area (Å²) < 4.78 is 45.3. The topological polar surface area (TPSA) is 192 Å². The van der Waals surface area contributed by atoms with Gasteiger partial charge in [0.15, 0.2) is 35.6 Å². The molecule has 0 aromatic heterocycles. The first-order valence-electron chi connectivity index (χ1n) is 13.8. The third kappa shape index (κ3) is 5.02. The highest BCUT2D eigenvalue weighted by atomic mass is 16.8. The van der Waals surface area contributed by atoms with Gasteiger partial charge < -0.3 is 63.4 Å². The molecule has 2 saturated heterocycles. The quantitative estimate of drug-likeness (QED) is 0.298. The second-order valence-electron chi connectivity index (χ2n) is 10.9. The van der Waals surface area contributed by atoms with Crippen LogP contribution in [-0.4, -0.2) is 103 Å². The van der Waals surface area contributed by atoms with Crippen LogP contribution in [0.15, 0.2) is 24.3 Å². The Hall–Kier alpha value is -3.37. The monoisotopic (exact) mass is 606 g/mol. The van der Waals surface area contributed by atoms with Crippen molar-refractivity contribution in [3.8, 4) is 28.7 Å². The molecule has 0 spiro atoms. The maximum Gasteiger partial charge on any atom is 0.307 e. The fourth-order valence-corrected chi connectivity index (χ4v) is 6.49. The van der Waals surface area contributed by atoms with Gasteiger partial charge in [-0.1, -0.05) is 0 Å². The number of hydrogen-bond donors (Lipinski definition) is 5. The van der Waals surface area contributed by atoms with Gasteiger partial charge in [0.25, 0.3) is 0 Å². The van der Waals surface area contributed by atoms with Crippen molar-refractivity contribution in [3.63, 3.8) is 0 Å². The Balaban J connectivity index is 1.46. The number of aromatic hydroxyl groups is 1. The lowest BCUT2D eigenvalue weighted by Crippen LogP contribution is -2.63. The third-order valence-electron chi connectivity index (χ3n) is 8.55. The van der Waals surface area contributed by atoms with Gasteiger partial charge in [0.1, 0.15) is 24.4 Å². The maximum atomic E-state index is 13.0. The lowest BCUT2D eigenvalue weighted by Gasteiger charge is -2.48. The first-order chi connectivity index (χ1) is 20.7. The molecular formula is C29H34O14. The zero-order chi connectivity index (χ0) is 30.6. The molecule has 0 saturated carbocycles. The predicted molar refractivity (Wildman–Crippen MR) is 142 cm³/mol. The number of aliphatic hydroxyl groups is 3. The fourth-order valence-electron chi connectivity index (χ4n) is 6.49. The number of ether oxygens (including phenoxy) is 8. The molecule has 4 aliphatic rings. The standard InChI is InChI=1S/C29H34O14/c1-11-38-9-20-27(41-11)24(32)25(33)29(42-20)43-26-14-7-17-16(39-10-40-17)6-13(14)21(22(28(34)35)15(26)8-30)12-4-18(36-2)23(31)19(5-12)37-3/h4-7,11,15,20-22,24-27,29-33H,8-10H2,1-3H3,(H,34,35)/t11-,15+,20-,21-,22+,24-,25-,26-,27-,29+/m1/s1. The normalized spacial score (nSPS) is 34.7. The Bertz CT molecular complexity index is 1340. The van der Waals surface area contributed by atoms with E-state index in [9.17, 15) is 30.3 Å². The Morgan fingerprint density at radius 3 is 2.23 bits per heavy atom. The second kappa shape index (κ2) is 11.6. The Kier molecular flexibility index (Phi) is 8.02. The van der Waals surface area contributed by atoms with Crippen molar-refractivity contribution < 1.29 is 68.2 Å². The Labute approximate surface area is 246 Å². The first kappa shape index (κ1) is 29.7. The maximum absolute atomic E-state index is 13.0. The molecule has 14 nitrogen and oxygen atoms in total. The van der Waals surface area contributed by atoms with Gasteiger partial charge in [0.2, 0.25) is 12.5 Å². The van der Waals surface area contributed by atoms with Crippen molar-refractivity contribution in [2.75, 3.05) is 34.2 Å². The van der Waals surface area contributed by atoms with Crippen molar-refractivity contribution in [1.29, 1.82) is 0 Å². The van der Waals surface area contributed by atoms with Crippen LogP contribution in [0.3, 0.4) is 0 Å². The predicted octanol–water partition coefficient (Wildman–Crippen LogP) is 0.859. The van der Waals surface area contributed by atoms with Gasteiger partial charge in [-0.25, -0.2) is 0 Å². The molecule has 0 unspecified atom stereocenters. The molecule has 10 atom stereocenters. The average Bonchev–Trinajstić information content (AvgIpc) is 3.46. The summed E-state index contributed by atoms with van der Waals surface area (Å²) >= 11 is 0. The number of benzene rings is 2. The number of phenolic OH excluding ortho intramolecular Hbond substituents is 1. The molecule has 234 valence electrons. The number of carboxylic acid groups (broad SMARTS) is 1. The number of rotatable bonds is 7. The molecule has 2 aromatic rings. The molecule has 0 radical (unpaired) electrons. The summed E-state index contributed by atoms with van der Waals surface area (Å²) in [5.41, 5.74) is 1.35. The van der Waals surface area contributed by atoms with Crippen LogP contribution in [0, 0.1) is 11.8 Å². The van der Waals surface area contributed by atoms with Crippen LogP contribution in [0.25, 0.3) is 0 Å². The number of fused-ring (bicyclic) bond motifs is 3. The van der Waals surface area contributed by atoms with Crippen LogP contribution in [0.2, 0.25) is 0 Å². The van der Waals surface area contributed by atoms with Gasteiger partial charge >= 0.3 is 5.97 Å². The minimum atomic E-state index is -1.56. The van der Waals surface area contributed by atoms with Crippen LogP contribution < -0.4 is 18.9 Å². The van der Waals surface area contributed by atoms with E-state index in [0.717, 1.165) is 0 Å². The highest BCUT2D eigenvalue weighted by Gasteiger charge is 2.53. The van der Waals surface area contributed by atoms with Crippen LogP contribution >= 0.6 is 0 Å². The van der Waals surface area contributed by atoms with Crippen molar-refractivity contribution in [2.45, 2.75) is 55.9 Å². The summed E-state index contributed by atoms with van der Waals surface area (Å²) in [4.78, 5) is 13.0. The number of methoxy groups -OCH3 is 2. The molecule has 0 bridgehead atoms. The highest BCUT2D eigenvalue weighted by molar-refractivity contribution is 5.75. The summed E-state index contributed by atoms with van der Waals surface area (Å²) in [5, 5.41) is 53.7. The van der Waals surface area contributed by atoms with Gasteiger partial charge in [-0.2, -0.15) is 0 Å². The lowest BCUT2D eigenvalue weighted by atomic mass is 9.65. The first-order valence-corrected chi connectivity index (χ1v) is 13.8. The molecule has 0 amide bonds. The number of hydrogen-bond acceptors (Lipinski definition) is 13. The molecular weight excluding hydrogens is 572 g/mol. The van der Waals surface area contributed by atoms with E-state index in [1.165, 1.54) is 26.4 Å². The zero-order valence-corrected chi connectivity index (χ0v) is 23.6. The molecule has 1 aliphatic carbocycles. The van der Waals surface area contributed by atoms with E-state index in [4.69, 9.17) is 37.9 Å². The molecule has 6 rings (SSSR count). The van der Waals surface area contributed by atoms with E-state index in [-0.39, 0.29) is 30.6 Å². The molecule has 2 fully saturated rings. The minimum Gasteiger partial charge on any atom is -0.502 e. The number of carbonyl (C=O) groups is 1. The fraction of sp³-hybridized carbons (Fsp3) is 0.552. The summed E-state index contributed by atoms with van der Waals surface area (Å²) in [7, 11) is 2.72. The number of phenols is 1. The van der Waals surface area contributed by atoms with E-state index in [2.05, 4.69) is 0 Å². The zero-order valence-electron chi connectivity index (χ0n) is 23.6. The molecule has 14 heteroatoms. The van der Waals surface area contributed by atoms with Crippen molar-refractivity contribution >= 4 is 5.97 Å². The summed E-state index contributed by atoms with van der Waals surface area (Å²) in [5.74, 6) is -3.88. The molecule has 3 heterocycles. The number of aliphatic hydroxyl groups excluding tert-OH is 3. The summed E-state index contributed by atoms with van der Waals surface area (Å²) in [6.45, 7) is 1.05. The number of carboxylic acids is 1. The Morgan fingerprint density at radius 1 is 0.977 bits per heavy atom.